The minimum atomic E-state index is -0.290. The largest absolute Gasteiger partial charge is 0.493 e. The summed E-state index contributed by atoms with van der Waals surface area (Å²) in [6, 6.07) is 15.0. The van der Waals surface area contributed by atoms with Crippen LogP contribution in [0.2, 0.25) is 0 Å². The molecule has 0 aliphatic rings. The van der Waals surface area contributed by atoms with Crippen LogP contribution < -0.4 is 14.8 Å². The summed E-state index contributed by atoms with van der Waals surface area (Å²) in [6.45, 7) is 0.334. The van der Waals surface area contributed by atoms with Crippen molar-refractivity contribution in [3.63, 3.8) is 0 Å². The Hall–Kier alpha value is -3.30. The van der Waals surface area contributed by atoms with Gasteiger partial charge in [-0.25, -0.2) is 4.98 Å². The summed E-state index contributed by atoms with van der Waals surface area (Å²) in [5, 5.41) is 14.2. The molecule has 1 N–H and O–H groups in total. The maximum atomic E-state index is 12.6. The average Bonchev–Trinajstić information content (AvgIpc) is 3.45. The minimum absolute atomic E-state index is 0.290. The second kappa shape index (κ2) is 9.47. The fourth-order valence-corrected chi connectivity index (χ4v) is 4.02. The molecule has 0 bridgehead atoms. The van der Waals surface area contributed by atoms with Crippen LogP contribution in [-0.2, 0) is 13.0 Å². The van der Waals surface area contributed by atoms with E-state index in [-0.39, 0.29) is 5.91 Å². The first-order valence-corrected chi connectivity index (χ1v) is 10.8. The Labute approximate surface area is 181 Å². The molecule has 4 rings (SSSR count). The molecule has 0 aliphatic heterocycles. The number of carbonyl (C=O) groups is 1. The van der Waals surface area contributed by atoms with Crippen molar-refractivity contribution < 1.29 is 14.3 Å². The summed E-state index contributed by atoms with van der Waals surface area (Å²) in [6.07, 6.45) is 0.674. The third-order valence-electron chi connectivity index (χ3n) is 4.17. The van der Waals surface area contributed by atoms with Crippen molar-refractivity contribution in [2.24, 2.45) is 0 Å². The Morgan fingerprint density at radius 2 is 1.97 bits per heavy atom. The molecule has 0 unspecified atom stereocenters. The summed E-state index contributed by atoms with van der Waals surface area (Å²) >= 11 is 2.86. The lowest BCUT2D eigenvalue weighted by Gasteiger charge is -2.11. The number of nitrogens with zero attached hydrogens (tertiary/aromatic N) is 3. The predicted octanol–water partition coefficient (Wildman–Crippen LogP) is 4.43. The molecule has 7 nitrogen and oxygen atoms in total. The van der Waals surface area contributed by atoms with Crippen LogP contribution in [0.4, 0.5) is 5.13 Å². The lowest BCUT2D eigenvalue weighted by Crippen LogP contribution is -2.12. The second-order valence-corrected chi connectivity index (χ2v) is 8.03. The highest BCUT2D eigenvalue weighted by molar-refractivity contribution is 7.15. The van der Waals surface area contributed by atoms with Crippen LogP contribution in [0.5, 0.6) is 11.5 Å². The van der Waals surface area contributed by atoms with Gasteiger partial charge in [-0.15, -0.1) is 21.5 Å². The van der Waals surface area contributed by atoms with Crippen molar-refractivity contribution in [1.82, 2.24) is 15.2 Å². The molecule has 2 aromatic heterocycles. The Bertz CT molecular complexity index is 1110. The van der Waals surface area contributed by atoms with Crippen molar-refractivity contribution in [2.45, 2.75) is 13.0 Å². The molecule has 2 aromatic carbocycles. The van der Waals surface area contributed by atoms with Gasteiger partial charge in [0.15, 0.2) is 11.5 Å². The number of aromatic nitrogens is 3. The predicted molar refractivity (Wildman–Crippen MR) is 117 cm³/mol. The molecule has 2 heterocycles. The lowest BCUT2D eigenvalue weighted by atomic mass is 10.2. The van der Waals surface area contributed by atoms with Gasteiger partial charge >= 0.3 is 0 Å². The quantitative estimate of drug-likeness (QED) is 0.438. The number of hydrogen-bond donors (Lipinski definition) is 1. The van der Waals surface area contributed by atoms with Gasteiger partial charge in [0.25, 0.3) is 5.91 Å². The second-order valence-electron chi connectivity index (χ2n) is 6.25. The van der Waals surface area contributed by atoms with Crippen molar-refractivity contribution in [1.29, 1.82) is 0 Å². The molecule has 30 heavy (non-hydrogen) atoms. The molecule has 0 atom stereocenters. The summed E-state index contributed by atoms with van der Waals surface area (Å²) < 4.78 is 11.1. The van der Waals surface area contributed by atoms with E-state index in [1.165, 1.54) is 29.8 Å². The topological polar surface area (TPSA) is 86.2 Å². The maximum absolute atomic E-state index is 12.6. The van der Waals surface area contributed by atoms with Crippen LogP contribution in [0.3, 0.4) is 0 Å². The number of methoxy groups -OCH3 is 1. The smallest absolute Gasteiger partial charge is 0.257 e. The van der Waals surface area contributed by atoms with Gasteiger partial charge in [0, 0.05) is 17.4 Å². The third kappa shape index (κ3) is 5.00. The number of benzene rings is 2. The van der Waals surface area contributed by atoms with Gasteiger partial charge in [-0.2, -0.15) is 0 Å². The van der Waals surface area contributed by atoms with Crippen molar-refractivity contribution in [3.05, 3.63) is 81.2 Å². The van der Waals surface area contributed by atoms with Crippen LogP contribution >= 0.6 is 22.7 Å². The Balaban J connectivity index is 1.40. The lowest BCUT2D eigenvalue weighted by molar-refractivity contribution is 0.102. The number of nitrogens with one attached hydrogen (secondary N) is 1. The molecule has 0 fully saturated rings. The van der Waals surface area contributed by atoms with E-state index in [4.69, 9.17) is 9.47 Å². The van der Waals surface area contributed by atoms with Crippen molar-refractivity contribution in [2.75, 3.05) is 12.4 Å². The summed E-state index contributed by atoms with van der Waals surface area (Å²) in [4.78, 5) is 16.8. The van der Waals surface area contributed by atoms with Crippen molar-refractivity contribution >= 4 is 33.7 Å². The molecule has 0 radical (unpaired) electrons. The Morgan fingerprint density at radius 3 is 2.73 bits per heavy atom. The van der Waals surface area contributed by atoms with Gasteiger partial charge in [-0.1, -0.05) is 41.7 Å². The zero-order valence-corrected chi connectivity index (χ0v) is 17.7. The van der Waals surface area contributed by atoms with Gasteiger partial charge in [0.2, 0.25) is 5.13 Å². The van der Waals surface area contributed by atoms with E-state index in [0.29, 0.717) is 35.2 Å². The van der Waals surface area contributed by atoms with E-state index >= 15 is 0 Å². The highest BCUT2D eigenvalue weighted by Crippen LogP contribution is 2.29. The van der Waals surface area contributed by atoms with Gasteiger partial charge in [-0.3, -0.25) is 10.1 Å². The van der Waals surface area contributed by atoms with Crippen LogP contribution in [0.15, 0.2) is 59.4 Å². The number of hydrogen-bond acceptors (Lipinski definition) is 8. The molecule has 0 saturated heterocycles. The summed E-state index contributed by atoms with van der Waals surface area (Å²) in [7, 11) is 1.54. The molecule has 1 amide bonds. The monoisotopic (exact) mass is 438 g/mol. The van der Waals surface area contributed by atoms with Crippen LogP contribution in [0.1, 0.15) is 26.6 Å². The first-order chi connectivity index (χ1) is 14.7. The van der Waals surface area contributed by atoms with E-state index in [9.17, 15) is 4.79 Å². The summed E-state index contributed by atoms with van der Waals surface area (Å²) in [5.74, 6) is 0.727. The molecule has 152 valence electrons. The number of carbonyl (C=O) groups excluding carboxylic acids is 1. The fraction of sp³-hybridized carbons (Fsp3) is 0.143. The third-order valence-corrected chi connectivity index (χ3v) is 5.64. The molecule has 0 saturated carbocycles. The van der Waals surface area contributed by atoms with Crippen LogP contribution in [-0.4, -0.2) is 28.2 Å². The first-order valence-electron chi connectivity index (χ1n) is 9.07. The minimum Gasteiger partial charge on any atom is -0.493 e. The number of rotatable bonds is 8. The number of anilines is 1. The van der Waals surface area contributed by atoms with Crippen LogP contribution in [0.25, 0.3) is 0 Å². The van der Waals surface area contributed by atoms with Crippen LogP contribution in [0, 0.1) is 0 Å². The van der Waals surface area contributed by atoms with Gasteiger partial charge in [0.05, 0.1) is 18.3 Å². The highest BCUT2D eigenvalue weighted by atomic mass is 32.1. The van der Waals surface area contributed by atoms with Crippen molar-refractivity contribution in [3.8, 4) is 11.5 Å². The average molecular weight is 439 g/mol. The standard InChI is InChI=1S/C21H18N4O3S2/c1-27-18-10-15(7-8-17(18)28-11-16-12-29-13-22-16)20(26)23-21-25-24-19(30-21)9-14-5-3-2-4-6-14/h2-8,10,12-13H,9,11H2,1H3,(H,23,25,26). The number of amides is 1. The molecule has 0 spiro atoms. The van der Waals surface area contributed by atoms with Gasteiger partial charge in [-0.05, 0) is 23.8 Å². The Kier molecular flexibility index (Phi) is 6.31. The normalized spacial score (nSPS) is 10.6. The van der Waals surface area contributed by atoms with Gasteiger partial charge < -0.3 is 9.47 Å². The van der Waals surface area contributed by atoms with E-state index in [2.05, 4.69) is 20.5 Å². The summed E-state index contributed by atoms with van der Waals surface area (Å²) in [5.41, 5.74) is 4.17. The Morgan fingerprint density at radius 1 is 1.10 bits per heavy atom. The fourth-order valence-electron chi connectivity index (χ4n) is 2.70. The highest BCUT2D eigenvalue weighted by Gasteiger charge is 2.14. The molecule has 0 aliphatic carbocycles. The molecule has 9 heteroatoms. The SMILES string of the molecule is COc1cc(C(=O)Nc2nnc(Cc3ccccc3)s2)ccc1OCc1cscn1. The van der Waals surface area contributed by atoms with E-state index < -0.39 is 0 Å². The zero-order chi connectivity index (χ0) is 20.8. The van der Waals surface area contributed by atoms with E-state index in [0.717, 1.165) is 16.3 Å². The molecular weight excluding hydrogens is 420 g/mol. The van der Waals surface area contributed by atoms with E-state index in [1.54, 1.807) is 23.7 Å². The van der Waals surface area contributed by atoms with E-state index in [1.807, 2.05) is 35.7 Å². The molecule has 4 aromatic rings. The molecular formula is C21H18N4O3S2. The van der Waals surface area contributed by atoms with Gasteiger partial charge in [0.1, 0.15) is 11.6 Å². The maximum Gasteiger partial charge on any atom is 0.257 e. The zero-order valence-electron chi connectivity index (χ0n) is 16.1. The number of ether oxygens (including phenoxy) is 2. The number of thiazole rings is 1. The first kappa shape index (κ1) is 20.0.